The third-order valence-electron chi connectivity index (χ3n) is 4.49. The summed E-state index contributed by atoms with van der Waals surface area (Å²) >= 11 is 1.33. The highest BCUT2D eigenvalue weighted by atomic mass is 32.1. The molecule has 0 unspecified atom stereocenters. The van der Waals surface area contributed by atoms with Gasteiger partial charge in [-0.15, -0.1) is 11.3 Å². The first kappa shape index (κ1) is 20.7. The molecule has 4 aromatic heterocycles. The molecule has 4 aromatic rings. The van der Waals surface area contributed by atoms with Crippen molar-refractivity contribution in [1.29, 1.82) is 0 Å². The van der Waals surface area contributed by atoms with Crippen molar-refractivity contribution in [3.8, 4) is 0 Å². The minimum absolute atomic E-state index is 0.271. The number of carbonyl (C=O) groups is 1. The molecular weight excluding hydrogens is 417 g/mol. The van der Waals surface area contributed by atoms with Crippen LogP contribution in [0, 0.1) is 5.95 Å². The second-order valence-electron chi connectivity index (χ2n) is 7.18. The van der Waals surface area contributed by atoms with E-state index >= 15 is 0 Å². The topological polar surface area (TPSA) is 85.8 Å². The lowest BCUT2D eigenvalue weighted by Crippen LogP contribution is -2.17. The van der Waals surface area contributed by atoms with Gasteiger partial charge in [0.2, 0.25) is 5.95 Å². The smallest absolute Gasteiger partial charge is 0.274 e. The first-order valence-electron chi connectivity index (χ1n) is 9.65. The first-order chi connectivity index (χ1) is 15.0. The normalized spacial score (nSPS) is 11.5. The largest absolute Gasteiger partial charge is 0.361 e. The zero-order chi connectivity index (χ0) is 21.8. The molecule has 9 heteroatoms. The number of nitrogens with zero attached hydrogens (tertiary/aromatic N) is 4. The number of hydrogen-bond acceptors (Lipinski definition) is 6. The van der Waals surface area contributed by atoms with Crippen LogP contribution in [0.2, 0.25) is 0 Å². The summed E-state index contributed by atoms with van der Waals surface area (Å²) in [6, 6.07) is 8.42. The fraction of sp³-hybridized carbons (Fsp3) is 0.182. The summed E-state index contributed by atoms with van der Waals surface area (Å²) in [6.45, 7) is 4.43. The quantitative estimate of drug-likeness (QED) is 0.409. The molecule has 1 N–H and O–H groups in total. The van der Waals surface area contributed by atoms with Crippen LogP contribution in [0.5, 0.6) is 0 Å². The Kier molecular flexibility index (Phi) is 6.03. The van der Waals surface area contributed by atoms with Gasteiger partial charge >= 0.3 is 0 Å². The van der Waals surface area contributed by atoms with E-state index < -0.39 is 5.95 Å². The molecule has 4 rings (SSSR count). The Bertz CT molecular complexity index is 1220. The molecule has 0 saturated carbocycles. The Morgan fingerprint density at radius 3 is 2.90 bits per heavy atom. The fourth-order valence-corrected chi connectivity index (χ4v) is 3.58. The fourth-order valence-electron chi connectivity index (χ4n) is 2.90. The average Bonchev–Trinajstić information content (AvgIpc) is 3.47. The second-order valence-corrected chi connectivity index (χ2v) is 8.04. The van der Waals surface area contributed by atoms with Gasteiger partial charge in [-0.1, -0.05) is 19.0 Å². The van der Waals surface area contributed by atoms with Crippen molar-refractivity contribution in [1.82, 2.24) is 19.7 Å². The predicted octanol–water partition coefficient (Wildman–Crippen LogP) is 5.06. The molecule has 0 radical (unpaired) electrons. The maximum absolute atomic E-state index is 13.3. The Hall–Kier alpha value is -3.59. The molecular formula is C22H20FN5O2S. The molecule has 158 valence electrons. The highest BCUT2D eigenvalue weighted by Gasteiger charge is 2.13. The lowest BCUT2D eigenvalue weighted by molar-refractivity contribution is 0.101. The summed E-state index contributed by atoms with van der Waals surface area (Å²) in [7, 11) is 0. The molecule has 1 amide bonds. The number of anilines is 1. The lowest BCUT2D eigenvalue weighted by Gasteiger charge is -2.09. The average molecular weight is 438 g/mol. The Morgan fingerprint density at radius 1 is 1.29 bits per heavy atom. The van der Waals surface area contributed by atoms with Crippen molar-refractivity contribution in [2.75, 3.05) is 5.32 Å². The van der Waals surface area contributed by atoms with Crippen LogP contribution >= 0.6 is 11.3 Å². The molecule has 0 aromatic carbocycles. The molecule has 0 spiro atoms. The van der Waals surface area contributed by atoms with Crippen LogP contribution in [0.25, 0.3) is 12.2 Å². The number of carbonyl (C=O) groups excluding carboxylic acids is 1. The van der Waals surface area contributed by atoms with Crippen molar-refractivity contribution in [2.24, 2.45) is 0 Å². The highest BCUT2D eigenvalue weighted by molar-refractivity contribution is 7.14. The van der Waals surface area contributed by atoms with E-state index in [9.17, 15) is 9.18 Å². The minimum Gasteiger partial charge on any atom is -0.361 e. The molecule has 0 fully saturated rings. The maximum Gasteiger partial charge on any atom is 0.274 e. The minimum atomic E-state index is -0.551. The lowest BCUT2D eigenvalue weighted by atomic mass is 10.1. The van der Waals surface area contributed by atoms with E-state index in [1.165, 1.54) is 23.6 Å². The molecule has 31 heavy (non-hydrogen) atoms. The standard InChI is InChI=1S/C22H20FN5O2S/c1-14(2)19-11-16(27-30-19)5-6-17-13-31-22(25-17)26-21(29)18-4-3-9-28(18)12-15-7-8-24-20(23)10-15/h3-11,13-14H,12H2,1-2H3,(H,25,26,29). The third kappa shape index (κ3) is 5.13. The molecule has 0 aliphatic heterocycles. The van der Waals surface area contributed by atoms with Gasteiger partial charge < -0.3 is 9.09 Å². The second kappa shape index (κ2) is 9.05. The van der Waals surface area contributed by atoms with Crippen LogP contribution in [-0.4, -0.2) is 25.6 Å². The molecule has 0 bridgehead atoms. The predicted molar refractivity (Wildman–Crippen MR) is 117 cm³/mol. The number of hydrogen-bond donors (Lipinski definition) is 1. The van der Waals surface area contributed by atoms with E-state index in [1.54, 1.807) is 29.0 Å². The van der Waals surface area contributed by atoms with Gasteiger partial charge in [-0.05, 0) is 42.0 Å². The Morgan fingerprint density at radius 2 is 2.13 bits per heavy atom. The van der Waals surface area contributed by atoms with Crippen molar-refractivity contribution in [3.05, 3.63) is 82.5 Å². The van der Waals surface area contributed by atoms with Crippen LogP contribution in [0.1, 0.15) is 53.0 Å². The van der Waals surface area contributed by atoms with E-state index in [-0.39, 0.29) is 11.8 Å². The third-order valence-corrected chi connectivity index (χ3v) is 5.26. The monoisotopic (exact) mass is 437 g/mol. The van der Waals surface area contributed by atoms with Crippen LogP contribution in [0.4, 0.5) is 9.52 Å². The van der Waals surface area contributed by atoms with Gasteiger partial charge in [0.15, 0.2) is 5.13 Å². The van der Waals surface area contributed by atoms with Gasteiger partial charge in [0.25, 0.3) is 5.91 Å². The van der Waals surface area contributed by atoms with E-state index in [4.69, 9.17) is 4.52 Å². The van der Waals surface area contributed by atoms with Crippen molar-refractivity contribution in [3.63, 3.8) is 0 Å². The van der Waals surface area contributed by atoms with Gasteiger partial charge in [-0.3, -0.25) is 10.1 Å². The molecule has 7 nitrogen and oxygen atoms in total. The highest BCUT2D eigenvalue weighted by Crippen LogP contribution is 2.20. The summed E-state index contributed by atoms with van der Waals surface area (Å²) in [5, 5.41) is 9.14. The number of thiazole rings is 1. The summed E-state index contributed by atoms with van der Waals surface area (Å²) < 4.78 is 20.3. The molecule has 0 aliphatic rings. The summed E-state index contributed by atoms with van der Waals surface area (Å²) in [4.78, 5) is 20.7. The number of aromatic nitrogens is 4. The van der Waals surface area contributed by atoms with Crippen LogP contribution < -0.4 is 5.32 Å². The van der Waals surface area contributed by atoms with E-state index in [2.05, 4.69) is 20.4 Å². The van der Waals surface area contributed by atoms with Crippen molar-refractivity contribution < 1.29 is 13.7 Å². The number of rotatable bonds is 7. The molecule has 0 atom stereocenters. The van der Waals surface area contributed by atoms with Crippen LogP contribution in [0.15, 0.2) is 52.6 Å². The summed E-state index contributed by atoms with van der Waals surface area (Å²) in [6.07, 6.45) is 6.80. The van der Waals surface area contributed by atoms with Gasteiger partial charge in [0.1, 0.15) is 17.1 Å². The number of amides is 1. The molecule has 4 heterocycles. The van der Waals surface area contributed by atoms with Crippen LogP contribution in [0.3, 0.4) is 0 Å². The first-order valence-corrected chi connectivity index (χ1v) is 10.5. The van der Waals surface area contributed by atoms with Crippen LogP contribution in [-0.2, 0) is 6.54 Å². The SMILES string of the molecule is CC(C)c1cc(C=Cc2csc(NC(=O)c3cccn3Cc3ccnc(F)c3)n2)no1. The number of pyridine rings is 1. The Balaban J connectivity index is 1.41. The number of nitrogens with one attached hydrogen (secondary N) is 1. The van der Waals surface area contributed by atoms with Crippen molar-refractivity contribution >= 4 is 34.5 Å². The molecule has 0 saturated heterocycles. The zero-order valence-corrected chi connectivity index (χ0v) is 17.8. The van der Waals surface area contributed by atoms with Gasteiger partial charge in [-0.2, -0.15) is 4.39 Å². The molecule has 0 aliphatic carbocycles. The van der Waals surface area contributed by atoms with E-state index in [0.717, 1.165) is 5.76 Å². The van der Waals surface area contributed by atoms with E-state index in [1.807, 2.05) is 37.4 Å². The van der Waals surface area contributed by atoms with Gasteiger partial charge in [0.05, 0.1) is 5.69 Å². The maximum atomic E-state index is 13.3. The Labute approximate surface area is 182 Å². The summed E-state index contributed by atoms with van der Waals surface area (Å²) in [5.74, 6) is 0.253. The summed E-state index contributed by atoms with van der Waals surface area (Å²) in [5.41, 5.74) is 2.59. The van der Waals surface area contributed by atoms with Gasteiger partial charge in [-0.25, -0.2) is 9.97 Å². The zero-order valence-electron chi connectivity index (χ0n) is 16.9. The number of halogens is 1. The van der Waals surface area contributed by atoms with Gasteiger partial charge in [0, 0.05) is 36.3 Å². The van der Waals surface area contributed by atoms with E-state index in [0.29, 0.717) is 34.3 Å². The van der Waals surface area contributed by atoms with Crippen molar-refractivity contribution in [2.45, 2.75) is 26.3 Å².